The Morgan fingerprint density at radius 1 is 0.909 bits per heavy atom. The number of carbonyl (C=O) groups is 2. The second-order valence-electron chi connectivity index (χ2n) is 7.98. The van der Waals surface area contributed by atoms with Crippen LogP contribution >= 0.6 is 0 Å². The van der Waals surface area contributed by atoms with Gasteiger partial charge in [-0.05, 0) is 42.7 Å². The normalized spacial score (nSPS) is 14.2. The van der Waals surface area contributed by atoms with E-state index in [1.165, 1.54) is 0 Å². The summed E-state index contributed by atoms with van der Waals surface area (Å²) in [7, 11) is 0. The van der Waals surface area contributed by atoms with E-state index in [0.29, 0.717) is 43.9 Å². The van der Waals surface area contributed by atoms with E-state index in [1.54, 1.807) is 6.21 Å². The molecule has 1 fully saturated rings. The number of piperidine rings is 1. The summed E-state index contributed by atoms with van der Waals surface area (Å²) in [5, 5.41) is 4.15. The fraction of sp³-hybridized carbons (Fsp3) is 0.222. The summed E-state index contributed by atoms with van der Waals surface area (Å²) >= 11 is 0. The smallest absolute Gasteiger partial charge is 0.253 e. The van der Waals surface area contributed by atoms with Crippen molar-refractivity contribution >= 4 is 18.0 Å². The molecule has 3 aromatic rings. The zero-order valence-electron chi connectivity index (χ0n) is 18.4. The molecule has 0 spiro atoms. The van der Waals surface area contributed by atoms with Crippen molar-refractivity contribution in [1.82, 2.24) is 10.3 Å². The number of likely N-dealkylation sites (tertiary alicyclic amines) is 1. The number of para-hydroxylation sites is 1. The second-order valence-corrected chi connectivity index (χ2v) is 7.98. The van der Waals surface area contributed by atoms with Crippen LogP contribution in [-0.4, -0.2) is 36.0 Å². The molecular weight excluding hydrogens is 414 g/mol. The zero-order valence-corrected chi connectivity index (χ0v) is 18.4. The first-order chi connectivity index (χ1) is 16.2. The minimum absolute atomic E-state index is 0.0135. The molecule has 1 N–H and O–H groups in total. The SMILES string of the molecule is O=C(N/N=C\c1ccccc1OCc1ccccc1)C1CCN(C(=O)c2ccccc2)CC1. The van der Waals surface area contributed by atoms with Gasteiger partial charge in [0.05, 0.1) is 6.21 Å². The van der Waals surface area contributed by atoms with Gasteiger partial charge in [0, 0.05) is 30.1 Å². The van der Waals surface area contributed by atoms with Crippen molar-refractivity contribution in [2.24, 2.45) is 11.0 Å². The number of carbonyl (C=O) groups excluding carboxylic acids is 2. The molecule has 4 rings (SSSR count). The van der Waals surface area contributed by atoms with Crippen LogP contribution in [0.5, 0.6) is 5.75 Å². The van der Waals surface area contributed by atoms with Crippen molar-refractivity contribution in [2.75, 3.05) is 13.1 Å². The van der Waals surface area contributed by atoms with E-state index in [1.807, 2.05) is 89.8 Å². The molecule has 3 aromatic carbocycles. The van der Waals surface area contributed by atoms with E-state index in [-0.39, 0.29) is 17.7 Å². The van der Waals surface area contributed by atoms with Crippen LogP contribution in [0.1, 0.15) is 34.3 Å². The third kappa shape index (κ3) is 6.07. The standard InChI is InChI=1S/C27H27N3O3/c31-26(22-15-17-30(18-16-22)27(32)23-11-5-2-6-12-23)29-28-19-24-13-7-8-14-25(24)33-20-21-9-3-1-4-10-21/h1-14,19,22H,15-18,20H2,(H,29,31)/b28-19-. The van der Waals surface area contributed by atoms with Crippen molar-refractivity contribution in [3.63, 3.8) is 0 Å². The van der Waals surface area contributed by atoms with Gasteiger partial charge in [0.15, 0.2) is 0 Å². The molecule has 0 atom stereocenters. The molecule has 1 saturated heterocycles. The summed E-state index contributed by atoms with van der Waals surface area (Å²) in [6, 6.07) is 26.8. The maximum Gasteiger partial charge on any atom is 0.253 e. The first kappa shape index (κ1) is 22.3. The highest BCUT2D eigenvalue weighted by atomic mass is 16.5. The first-order valence-electron chi connectivity index (χ1n) is 11.1. The van der Waals surface area contributed by atoms with Crippen molar-refractivity contribution < 1.29 is 14.3 Å². The number of hydrazone groups is 1. The summed E-state index contributed by atoms with van der Waals surface area (Å²) in [6.45, 7) is 1.58. The number of hydrogen-bond acceptors (Lipinski definition) is 4. The number of hydrogen-bond donors (Lipinski definition) is 1. The van der Waals surface area contributed by atoms with Crippen LogP contribution in [0, 0.1) is 5.92 Å². The lowest BCUT2D eigenvalue weighted by atomic mass is 9.95. The molecule has 33 heavy (non-hydrogen) atoms. The van der Waals surface area contributed by atoms with Crippen LogP contribution in [0.3, 0.4) is 0 Å². The van der Waals surface area contributed by atoms with Gasteiger partial charge in [-0.3, -0.25) is 9.59 Å². The number of rotatable bonds is 7. The molecule has 6 nitrogen and oxygen atoms in total. The Morgan fingerprint density at radius 3 is 2.27 bits per heavy atom. The lowest BCUT2D eigenvalue weighted by Gasteiger charge is -2.31. The van der Waals surface area contributed by atoms with E-state index >= 15 is 0 Å². The molecule has 0 aliphatic carbocycles. The maximum atomic E-state index is 12.6. The highest BCUT2D eigenvalue weighted by Gasteiger charge is 2.27. The van der Waals surface area contributed by atoms with Crippen molar-refractivity contribution in [3.05, 3.63) is 102 Å². The lowest BCUT2D eigenvalue weighted by molar-refractivity contribution is -0.126. The molecule has 0 saturated carbocycles. The largest absolute Gasteiger partial charge is 0.488 e. The van der Waals surface area contributed by atoms with Gasteiger partial charge < -0.3 is 9.64 Å². The molecule has 0 aromatic heterocycles. The molecule has 0 bridgehead atoms. The minimum Gasteiger partial charge on any atom is -0.488 e. The van der Waals surface area contributed by atoms with Crippen LogP contribution in [0.2, 0.25) is 0 Å². The monoisotopic (exact) mass is 441 g/mol. The van der Waals surface area contributed by atoms with Crippen LogP contribution in [0.4, 0.5) is 0 Å². The van der Waals surface area contributed by atoms with Crippen molar-refractivity contribution in [2.45, 2.75) is 19.4 Å². The van der Waals surface area contributed by atoms with E-state index in [9.17, 15) is 9.59 Å². The van der Waals surface area contributed by atoms with Gasteiger partial charge >= 0.3 is 0 Å². The van der Waals surface area contributed by atoms with Crippen molar-refractivity contribution in [1.29, 1.82) is 0 Å². The summed E-state index contributed by atoms with van der Waals surface area (Å²) in [6.07, 6.45) is 2.85. The average Bonchev–Trinajstić information content (AvgIpc) is 2.89. The fourth-order valence-corrected chi connectivity index (χ4v) is 3.82. The Bertz CT molecular complexity index is 1090. The van der Waals surface area contributed by atoms with Gasteiger partial charge in [0.25, 0.3) is 5.91 Å². The third-order valence-corrected chi connectivity index (χ3v) is 5.71. The quantitative estimate of drug-likeness (QED) is 0.440. The first-order valence-corrected chi connectivity index (χ1v) is 11.1. The van der Waals surface area contributed by atoms with E-state index in [2.05, 4.69) is 10.5 Å². The average molecular weight is 442 g/mol. The van der Waals surface area contributed by atoms with E-state index < -0.39 is 0 Å². The minimum atomic E-state index is -0.161. The molecule has 0 radical (unpaired) electrons. The van der Waals surface area contributed by atoms with E-state index in [4.69, 9.17) is 4.74 Å². The van der Waals surface area contributed by atoms with Gasteiger partial charge in [0.1, 0.15) is 12.4 Å². The predicted molar refractivity (Wildman–Crippen MR) is 128 cm³/mol. The Labute approximate surface area is 193 Å². The summed E-state index contributed by atoms with van der Waals surface area (Å²) in [5.41, 5.74) is 5.20. The number of ether oxygens (including phenoxy) is 1. The summed E-state index contributed by atoms with van der Waals surface area (Å²) in [5.74, 6) is 0.430. The maximum absolute atomic E-state index is 12.6. The highest BCUT2D eigenvalue weighted by Crippen LogP contribution is 2.20. The molecule has 168 valence electrons. The Morgan fingerprint density at radius 2 is 1.55 bits per heavy atom. The number of benzene rings is 3. The fourth-order valence-electron chi connectivity index (χ4n) is 3.82. The summed E-state index contributed by atoms with van der Waals surface area (Å²) < 4.78 is 5.93. The number of nitrogens with zero attached hydrogens (tertiary/aromatic N) is 2. The van der Waals surface area contributed by atoms with Gasteiger partial charge in [0.2, 0.25) is 5.91 Å². The molecule has 1 aliphatic heterocycles. The molecule has 0 unspecified atom stereocenters. The predicted octanol–water partition coefficient (Wildman–Crippen LogP) is 4.27. The molecule has 1 aliphatic rings. The molecule has 6 heteroatoms. The highest BCUT2D eigenvalue weighted by molar-refractivity contribution is 5.94. The number of amides is 2. The molecule has 2 amide bonds. The molecule has 1 heterocycles. The van der Waals surface area contributed by atoms with E-state index in [0.717, 1.165) is 11.1 Å². The number of nitrogens with one attached hydrogen (secondary N) is 1. The Balaban J connectivity index is 1.27. The lowest BCUT2D eigenvalue weighted by Crippen LogP contribution is -2.42. The van der Waals surface area contributed by atoms with Crippen LogP contribution in [0.15, 0.2) is 90.0 Å². The molecular formula is C27H27N3O3. The van der Waals surface area contributed by atoms with Crippen LogP contribution in [0.25, 0.3) is 0 Å². The second kappa shape index (κ2) is 11.1. The van der Waals surface area contributed by atoms with Gasteiger partial charge in [-0.2, -0.15) is 5.10 Å². The third-order valence-electron chi connectivity index (χ3n) is 5.71. The summed E-state index contributed by atoms with van der Waals surface area (Å²) in [4.78, 5) is 27.0. The van der Waals surface area contributed by atoms with Crippen LogP contribution in [-0.2, 0) is 11.4 Å². The van der Waals surface area contributed by atoms with Crippen LogP contribution < -0.4 is 10.2 Å². The topological polar surface area (TPSA) is 71.0 Å². The van der Waals surface area contributed by atoms with Crippen molar-refractivity contribution in [3.8, 4) is 5.75 Å². The van der Waals surface area contributed by atoms with Gasteiger partial charge in [-0.25, -0.2) is 5.43 Å². The van der Waals surface area contributed by atoms with Gasteiger partial charge in [-0.15, -0.1) is 0 Å². The Hall–Kier alpha value is -3.93. The van der Waals surface area contributed by atoms with Gasteiger partial charge in [-0.1, -0.05) is 60.7 Å². The Kier molecular flexibility index (Phi) is 7.48. The zero-order chi connectivity index (χ0) is 22.9.